The Balaban J connectivity index is 2.84. The highest BCUT2D eigenvalue weighted by atomic mass is 32.2. The first-order valence-electron chi connectivity index (χ1n) is 6.24. The third kappa shape index (κ3) is 3.78. The zero-order valence-corrected chi connectivity index (χ0v) is 13.1. The first kappa shape index (κ1) is 15.6. The molecule has 0 aromatic carbocycles. The van der Waals surface area contributed by atoms with Crippen LogP contribution in [0, 0.1) is 0 Å². The Bertz CT molecular complexity index is 462. The smallest absolute Gasteiger partial charge is 0.252 e. The van der Waals surface area contributed by atoms with E-state index in [2.05, 4.69) is 19.2 Å². The number of nitrogens with one attached hydrogen (secondary N) is 1. The minimum Gasteiger partial charge on any atom is -0.310 e. The largest absolute Gasteiger partial charge is 0.310 e. The maximum absolute atomic E-state index is 12.3. The molecule has 4 nitrogen and oxygen atoms in total. The molecule has 0 atom stereocenters. The molecule has 104 valence electrons. The maximum atomic E-state index is 12.3. The van der Waals surface area contributed by atoms with E-state index in [-0.39, 0.29) is 0 Å². The molecule has 1 heterocycles. The Kier molecular flexibility index (Phi) is 5.78. The van der Waals surface area contributed by atoms with Gasteiger partial charge in [-0.3, -0.25) is 0 Å². The van der Waals surface area contributed by atoms with Gasteiger partial charge in [-0.15, -0.1) is 11.3 Å². The fourth-order valence-electron chi connectivity index (χ4n) is 1.59. The van der Waals surface area contributed by atoms with Crippen molar-refractivity contribution in [1.82, 2.24) is 9.62 Å². The topological polar surface area (TPSA) is 49.4 Å². The molecule has 0 aliphatic carbocycles. The molecule has 0 saturated carbocycles. The van der Waals surface area contributed by atoms with Crippen molar-refractivity contribution in [3.8, 4) is 0 Å². The average Bonchev–Trinajstić information content (AvgIpc) is 2.76. The van der Waals surface area contributed by atoms with Crippen LogP contribution in [0.1, 0.15) is 32.6 Å². The van der Waals surface area contributed by atoms with E-state index in [0.717, 1.165) is 11.4 Å². The second-order valence-electron chi connectivity index (χ2n) is 4.35. The van der Waals surface area contributed by atoms with Crippen molar-refractivity contribution in [2.24, 2.45) is 0 Å². The third-order valence-corrected chi connectivity index (χ3v) is 6.22. The van der Waals surface area contributed by atoms with Crippen molar-refractivity contribution in [2.45, 2.75) is 44.5 Å². The molecule has 6 heteroatoms. The Morgan fingerprint density at radius 2 is 1.89 bits per heavy atom. The molecule has 0 fully saturated rings. The van der Waals surface area contributed by atoms with Crippen molar-refractivity contribution in [1.29, 1.82) is 0 Å². The van der Waals surface area contributed by atoms with Crippen LogP contribution in [0.5, 0.6) is 0 Å². The standard InChI is InChI=1S/C12H22N2O2S2/c1-5-14(6-2)18(15,16)12-8-7-11(17-12)9-13-10(3)4/h7-8,10,13H,5-6,9H2,1-4H3. The molecule has 0 saturated heterocycles. The van der Waals surface area contributed by atoms with Gasteiger partial charge in [0.05, 0.1) is 0 Å². The van der Waals surface area contributed by atoms with Crippen LogP contribution in [0.3, 0.4) is 0 Å². The SMILES string of the molecule is CCN(CC)S(=O)(=O)c1ccc(CNC(C)C)s1. The molecular weight excluding hydrogens is 268 g/mol. The van der Waals surface area contributed by atoms with Crippen LogP contribution >= 0.6 is 11.3 Å². The summed E-state index contributed by atoms with van der Waals surface area (Å²) in [6.07, 6.45) is 0. The van der Waals surface area contributed by atoms with Gasteiger partial charge in [0.1, 0.15) is 4.21 Å². The van der Waals surface area contributed by atoms with E-state index in [1.807, 2.05) is 19.9 Å². The lowest BCUT2D eigenvalue weighted by molar-refractivity contribution is 0.447. The fraction of sp³-hybridized carbons (Fsp3) is 0.667. The van der Waals surface area contributed by atoms with Crippen molar-refractivity contribution >= 4 is 21.4 Å². The maximum Gasteiger partial charge on any atom is 0.252 e. The third-order valence-electron chi connectivity index (χ3n) is 2.62. The Hall–Kier alpha value is -0.430. The fourth-order valence-corrected chi connectivity index (χ4v) is 4.51. The summed E-state index contributed by atoms with van der Waals surface area (Å²) in [4.78, 5) is 1.05. The summed E-state index contributed by atoms with van der Waals surface area (Å²) in [5.41, 5.74) is 0. The summed E-state index contributed by atoms with van der Waals surface area (Å²) in [5.74, 6) is 0. The van der Waals surface area contributed by atoms with Gasteiger partial charge in [-0.2, -0.15) is 4.31 Å². The summed E-state index contributed by atoms with van der Waals surface area (Å²) in [6.45, 7) is 9.59. The van der Waals surface area contributed by atoms with Crippen LogP contribution in [-0.2, 0) is 16.6 Å². The van der Waals surface area contributed by atoms with Gasteiger partial charge < -0.3 is 5.32 Å². The van der Waals surface area contributed by atoms with Crippen molar-refractivity contribution < 1.29 is 8.42 Å². The van der Waals surface area contributed by atoms with Crippen LogP contribution in [0.25, 0.3) is 0 Å². The van der Waals surface area contributed by atoms with E-state index in [1.165, 1.54) is 15.6 Å². The molecule has 0 spiro atoms. The van der Waals surface area contributed by atoms with E-state index >= 15 is 0 Å². The van der Waals surface area contributed by atoms with Gasteiger partial charge >= 0.3 is 0 Å². The highest BCUT2D eigenvalue weighted by Gasteiger charge is 2.23. The van der Waals surface area contributed by atoms with E-state index in [0.29, 0.717) is 23.3 Å². The molecule has 0 unspecified atom stereocenters. The minimum atomic E-state index is -3.29. The van der Waals surface area contributed by atoms with Gasteiger partial charge in [0.25, 0.3) is 10.0 Å². The Morgan fingerprint density at radius 3 is 2.39 bits per heavy atom. The summed E-state index contributed by atoms with van der Waals surface area (Å²) < 4.78 is 26.4. The molecule has 0 amide bonds. The summed E-state index contributed by atoms with van der Waals surface area (Å²) >= 11 is 1.35. The lowest BCUT2D eigenvalue weighted by atomic mass is 10.4. The molecular formula is C12H22N2O2S2. The monoisotopic (exact) mass is 290 g/mol. The molecule has 1 aromatic rings. The second kappa shape index (κ2) is 6.65. The number of nitrogens with zero attached hydrogens (tertiary/aromatic N) is 1. The van der Waals surface area contributed by atoms with Crippen molar-refractivity contribution in [3.63, 3.8) is 0 Å². The molecule has 1 N–H and O–H groups in total. The molecule has 18 heavy (non-hydrogen) atoms. The predicted molar refractivity (Wildman–Crippen MR) is 76.4 cm³/mol. The molecule has 1 rings (SSSR count). The van der Waals surface area contributed by atoms with Gasteiger partial charge in [-0.05, 0) is 12.1 Å². The first-order chi connectivity index (χ1) is 8.41. The van der Waals surface area contributed by atoms with Crippen molar-refractivity contribution in [2.75, 3.05) is 13.1 Å². The van der Waals surface area contributed by atoms with Crippen LogP contribution in [0.2, 0.25) is 0 Å². The molecule has 0 radical (unpaired) electrons. The lowest BCUT2D eigenvalue weighted by Gasteiger charge is -2.16. The summed E-state index contributed by atoms with van der Waals surface area (Å²) in [6, 6.07) is 3.99. The number of hydrogen-bond acceptors (Lipinski definition) is 4. The van der Waals surface area contributed by atoms with E-state index in [4.69, 9.17) is 0 Å². The van der Waals surface area contributed by atoms with Crippen molar-refractivity contribution in [3.05, 3.63) is 17.0 Å². The number of sulfonamides is 1. The van der Waals surface area contributed by atoms with Crippen LogP contribution < -0.4 is 5.32 Å². The number of hydrogen-bond donors (Lipinski definition) is 1. The average molecular weight is 290 g/mol. The Labute approximate surface area is 114 Å². The number of rotatable bonds is 7. The summed E-state index contributed by atoms with van der Waals surface area (Å²) in [7, 11) is -3.29. The quantitative estimate of drug-likeness (QED) is 0.838. The summed E-state index contributed by atoms with van der Waals surface area (Å²) in [5, 5.41) is 3.29. The van der Waals surface area contributed by atoms with E-state index < -0.39 is 10.0 Å². The van der Waals surface area contributed by atoms with Crippen LogP contribution in [0.15, 0.2) is 16.3 Å². The van der Waals surface area contributed by atoms with Gasteiger partial charge in [0.2, 0.25) is 0 Å². The number of thiophene rings is 1. The molecule has 0 aliphatic rings. The van der Waals surface area contributed by atoms with Crippen LogP contribution in [0.4, 0.5) is 0 Å². The normalized spacial score (nSPS) is 12.6. The molecule has 1 aromatic heterocycles. The lowest BCUT2D eigenvalue weighted by Crippen LogP contribution is -2.29. The predicted octanol–water partition coefficient (Wildman–Crippen LogP) is 2.28. The highest BCUT2D eigenvalue weighted by Crippen LogP contribution is 2.24. The van der Waals surface area contributed by atoms with Gasteiger partial charge in [-0.1, -0.05) is 27.7 Å². The molecule has 0 aliphatic heterocycles. The Morgan fingerprint density at radius 1 is 1.28 bits per heavy atom. The van der Waals surface area contributed by atoms with Gasteiger partial charge in [-0.25, -0.2) is 8.42 Å². The van der Waals surface area contributed by atoms with E-state index in [9.17, 15) is 8.42 Å². The minimum absolute atomic E-state index is 0.398. The van der Waals surface area contributed by atoms with Crippen LogP contribution in [-0.4, -0.2) is 31.9 Å². The highest BCUT2D eigenvalue weighted by molar-refractivity contribution is 7.91. The first-order valence-corrected chi connectivity index (χ1v) is 8.49. The second-order valence-corrected chi connectivity index (χ2v) is 7.68. The van der Waals surface area contributed by atoms with E-state index in [1.54, 1.807) is 6.07 Å². The zero-order valence-electron chi connectivity index (χ0n) is 11.4. The molecule has 0 bridgehead atoms. The zero-order chi connectivity index (χ0) is 13.8. The van der Waals surface area contributed by atoms with Gasteiger partial charge in [0.15, 0.2) is 0 Å². The van der Waals surface area contributed by atoms with Gasteiger partial charge in [0, 0.05) is 30.6 Å².